The molecule has 1 saturated carbocycles. The van der Waals surface area contributed by atoms with Crippen LogP contribution >= 0.6 is 0 Å². The van der Waals surface area contributed by atoms with Crippen LogP contribution in [-0.2, 0) is 14.3 Å². The average Bonchev–Trinajstić information content (AvgIpc) is 2.37. The first kappa shape index (κ1) is 18.0. The molecule has 1 aliphatic rings. The summed E-state index contributed by atoms with van der Waals surface area (Å²) in [7, 11) is 0. The molecule has 0 aromatic rings. The number of hydrogen-bond acceptors (Lipinski definition) is 3. The summed E-state index contributed by atoms with van der Waals surface area (Å²) in [5.41, 5.74) is 0. The number of ether oxygens (including phenoxy) is 1. The van der Waals surface area contributed by atoms with E-state index in [1.165, 1.54) is 0 Å². The van der Waals surface area contributed by atoms with Gasteiger partial charge < -0.3 is 15.2 Å². The van der Waals surface area contributed by atoms with Crippen LogP contribution in [0, 0.1) is 5.92 Å². The predicted molar refractivity (Wildman–Crippen MR) is 81.1 cm³/mol. The van der Waals surface area contributed by atoms with Crippen molar-refractivity contribution in [3.05, 3.63) is 0 Å². The number of hydrogen-bond donors (Lipinski definition) is 2. The molecule has 1 aliphatic carbocycles. The van der Waals surface area contributed by atoms with Crippen LogP contribution in [0.5, 0.6) is 0 Å². The molecule has 0 aromatic heterocycles. The van der Waals surface area contributed by atoms with Gasteiger partial charge in [0.1, 0.15) is 0 Å². The van der Waals surface area contributed by atoms with Gasteiger partial charge in [0, 0.05) is 19.1 Å². The van der Waals surface area contributed by atoms with E-state index in [4.69, 9.17) is 4.74 Å². The lowest BCUT2D eigenvalue weighted by molar-refractivity contribution is -0.143. The molecule has 5 nitrogen and oxygen atoms in total. The molecule has 0 heterocycles. The minimum Gasteiger partial charge on any atom is -0.481 e. The van der Waals surface area contributed by atoms with Crippen LogP contribution in [0.4, 0.5) is 0 Å². The van der Waals surface area contributed by atoms with Crippen LogP contribution in [0.25, 0.3) is 0 Å². The van der Waals surface area contributed by atoms with E-state index in [0.29, 0.717) is 25.9 Å². The van der Waals surface area contributed by atoms with Crippen LogP contribution < -0.4 is 5.32 Å². The van der Waals surface area contributed by atoms with Crippen molar-refractivity contribution in [3.63, 3.8) is 0 Å². The number of carbonyl (C=O) groups excluding carboxylic acids is 1. The fraction of sp³-hybridized carbons (Fsp3) is 0.875. The maximum Gasteiger partial charge on any atom is 0.308 e. The molecule has 1 fully saturated rings. The second kappa shape index (κ2) is 9.77. The Kier molecular flexibility index (Phi) is 8.35. The lowest BCUT2D eigenvalue weighted by Gasteiger charge is -2.27. The third-order valence-electron chi connectivity index (χ3n) is 3.93. The monoisotopic (exact) mass is 299 g/mol. The van der Waals surface area contributed by atoms with E-state index >= 15 is 0 Å². The number of rotatable bonds is 7. The molecule has 0 saturated heterocycles. The molecule has 0 spiro atoms. The van der Waals surface area contributed by atoms with Crippen LogP contribution in [0.2, 0.25) is 0 Å². The first-order valence-electron chi connectivity index (χ1n) is 8.14. The predicted octanol–water partition coefficient (Wildman–Crippen LogP) is 2.73. The number of carboxylic acid groups (broad SMARTS) is 1. The van der Waals surface area contributed by atoms with Crippen molar-refractivity contribution in [3.8, 4) is 0 Å². The zero-order valence-electron chi connectivity index (χ0n) is 13.3. The summed E-state index contributed by atoms with van der Waals surface area (Å²) in [6, 6.07) is -0.221. The minimum atomic E-state index is -0.787. The van der Waals surface area contributed by atoms with Crippen LogP contribution in [0.3, 0.4) is 0 Å². The molecule has 0 aromatic carbocycles. The molecule has 122 valence electrons. The summed E-state index contributed by atoms with van der Waals surface area (Å²) < 4.78 is 5.40. The molecule has 1 rings (SSSR count). The van der Waals surface area contributed by atoms with Gasteiger partial charge in [0.2, 0.25) is 5.91 Å². The highest BCUT2D eigenvalue weighted by Crippen LogP contribution is 2.23. The molecule has 0 radical (unpaired) electrons. The van der Waals surface area contributed by atoms with Gasteiger partial charge in [0.15, 0.2) is 0 Å². The molecule has 21 heavy (non-hydrogen) atoms. The Morgan fingerprint density at radius 2 is 1.86 bits per heavy atom. The smallest absolute Gasteiger partial charge is 0.308 e. The van der Waals surface area contributed by atoms with Gasteiger partial charge in [-0.15, -0.1) is 0 Å². The molecule has 1 amide bonds. The summed E-state index contributed by atoms with van der Waals surface area (Å²) in [5.74, 6) is -1.29. The van der Waals surface area contributed by atoms with Crippen molar-refractivity contribution < 1.29 is 19.4 Å². The quantitative estimate of drug-likeness (QED) is 0.709. The van der Waals surface area contributed by atoms with E-state index in [0.717, 1.165) is 32.1 Å². The van der Waals surface area contributed by atoms with E-state index in [1.807, 2.05) is 13.8 Å². The highest BCUT2D eigenvalue weighted by atomic mass is 16.5. The Labute approximate surface area is 127 Å². The molecule has 2 unspecified atom stereocenters. The summed E-state index contributed by atoms with van der Waals surface area (Å²) >= 11 is 0. The Balaban J connectivity index is 2.40. The maximum absolute atomic E-state index is 12.0. The summed E-state index contributed by atoms with van der Waals surface area (Å²) in [5, 5.41) is 12.3. The molecule has 2 N–H and O–H groups in total. The van der Waals surface area contributed by atoms with Gasteiger partial charge >= 0.3 is 5.97 Å². The molecular weight excluding hydrogens is 270 g/mol. The van der Waals surface area contributed by atoms with E-state index < -0.39 is 11.9 Å². The normalized spacial score (nSPS) is 23.4. The van der Waals surface area contributed by atoms with E-state index in [1.54, 1.807) is 0 Å². The minimum absolute atomic E-state index is 0.0563. The molecule has 2 atom stereocenters. The van der Waals surface area contributed by atoms with Gasteiger partial charge in [-0.1, -0.05) is 25.7 Å². The van der Waals surface area contributed by atoms with Gasteiger partial charge in [-0.2, -0.15) is 0 Å². The van der Waals surface area contributed by atoms with Crippen molar-refractivity contribution in [1.82, 2.24) is 5.32 Å². The topological polar surface area (TPSA) is 75.6 Å². The molecule has 0 aliphatic heterocycles. The number of carbonyl (C=O) groups is 2. The summed E-state index contributed by atoms with van der Waals surface area (Å²) in [6.45, 7) is 4.50. The Bertz CT molecular complexity index is 330. The third kappa shape index (κ3) is 7.46. The Morgan fingerprint density at radius 1 is 1.19 bits per heavy atom. The van der Waals surface area contributed by atoms with Crippen LogP contribution in [0.1, 0.15) is 65.2 Å². The van der Waals surface area contributed by atoms with Crippen molar-refractivity contribution >= 4 is 11.9 Å². The van der Waals surface area contributed by atoms with Crippen molar-refractivity contribution in [1.29, 1.82) is 0 Å². The van der Waals surface area contributed by atoms with E-state index in [2.05, 4.69) is 5.32 Å². The second-order valence-electron chi connectivity index (χ2n) is 6.13. The van der Waals surface area contributed by atoms with Gasteiger partial charge in [-0.3, -0.25) is 9.59 Å². The van der Waals surface area contributed by atoms with Gasteiger partial charge in [0.05, 0.1) is 12.0 Å². The first-order valence-corrected chi connectivity index (χ1v) is 8.14. The van der Waals surface area contributed by atoms with Gasteiger partial charge in [-0.25, -0.2) is 0 Å². The molecule has 0 bridgehead atoms. The molecule has 5 heteroatoms. The van der Waals surface area contributed by atoms with Crippen LogP contribution in [-0.4, -0.2) is 35.7 Å². The number of nitrogens with one attached hydrogen (secondary N) is 1. The Hall–Kier alpha value is -1.10. The summed E-state index contributed by atoms with van der Waals surface area (Å²) in [6.07, 6.45) is 6.83. The van der Waals surface area contributed by atoms with Crippen molar-refractivity contribution in [2.45, 2.75) is 77.4 Å². The first-order chi connectivity index (χ1) is 10.0. The lowest BCUT2D eigenvalue weighted by atomic mass is 9.86. The van der Waals surface area contributed by atoms with E-state index in [-0.39, 0.29) is 18.1 Å². The van der Waals surface area contributed by atoms with Gasteiger partial charge in [-0.05, 0) is 33.1 Å². The van der Waals surface area contributed by atoms with Crippen molar-refractivity contribution in [2.75, 3.05) is 6.61 Å². The van der Waals surface area contributed by atoms with E-state index in [9.17, 15) is 14.7 Å². The zero-order chi connectivity index (χ0) is 15.7. The van der Waals surface area contributed by atoms with Crippen LogP contribution in [0.15, 0.2) is 0 Å². The average molecular weight is 299 g/mol. The largest absolute Gasteiger partial charge is 0.481 e. The fourth-order valence-electron chi connectivity index (χ4n) is 2.78. The highest BCUT2D eigenvalue weighted by molar-refractivity contribution is 5.78. The Morgan fingerprint density at radius 3 is 2.48 bits per heavy atom. The highest BCUT2D eigenvalue weighted by Gasteiger charge is 2.29. The number of aliphatic carboxylic acids is 1. The zero-order valence-corrected chi connectivity index (χ0v) is 13.3. The van der Waals surface area contributed by atoms with Gasteiger partial charge in [0.25, 0.3) is 0 Å². The molecular formula is C16H29NO4. The number of carboxylic acids is 1. The second-order valence-corrected chi connectivity index (χ2v) is 6.13. The SMILES string of the molecule is CC(C)OCCCC(=O)NC1CCCCCCC1C(=O)O. The third-order valence-corrected chi connectivity index (χ3v) is 3.93. The lowest BCUT2D eigenvalue weighted by Crippen LogP contribution is -2.43. The van der Waals surface area contributed by atoms with Crippen molar-refractivity contribution in [2.24, 2.45) is 5.92 Å². The summed E-state index contributed by atoms with van der Waals surface area (Å²) in [4.78, 5) is 23.3. The maximum atomic E-state index is 12.0. The fourth-order valence-corrected chi connectivity index (χ4v) is 2.78. The number of amides is 1. The standard InChI is InChI=1S/C16H29NO4/c1-12(2)21-11-7-10-15(18)17-14-9-6-4-3-5-8-13(14)16(19)20/h12-14H,3-11H2,1-2H3,(H,17,18)(H,19,20).